The first-order valence-electron chi connectivity index (χ1n) is 7.58. The second-order valence-electron chi connectivity index (χ2n) is 5.57. The molecule has 0 aliphatic carbocycles. The van der Waals surface area contributed by atoms with Gasteiger partial charge in [-0.25, -0.2) is 0 Å². The molecule has 0 saturated heterocycles. The van der Waals surface area contributed by atoms with E-state index in [2.05, 4.69) is 25.7 Å². The highest BCUT2D eigenvalue weighted by Gasteiger charge is 2.31. The molecule has 0 amide bonds. The first-order valence-corrected chi connectivity index (χ1v) is 8.87. The van der Waals surface area contributed by atoms with Crippen molar-refractivity contribution in [3.63, 3.8) is 0 Å². The van der Waals surface area contributed by atoms with Crippen LogP contribution in [0.1, 0.15) is 20.7 Å². The van der Waals surface area contributed by atoms with Crippen molar-refractivity contribution in [2.75, 3.05) is 7.11 Å². The van der Waals surface area contributed by atoms with Crippen LogP contribution in [-0.4, -0.2) is 24.2 Å². The van der Waals surface area contributed by atoms with Gasteiger partial charge in [0, 0.05) is 33.2 Å². The number of benzene rings is 2. The fourth-order valence-corrected chi connectivity index (χ4v) is 3.46. The molecular formula is C18H12BrClF3NO3. The molecule has 1 unspecified atom stereocenters. The van der Waals surface area contributed by atoms with Crippen molar-refractivity contribution >= 4 is 44.2 Å². The van der Waals surface area contributed by atoms with E-state index in [0.717, 1.165) is 0 Å². The standard InChI is InChI=1S/C18H12BrClF3NO3/c1-26-15-6-9(20)2-4-11(15)16(19)17(25)13-8-24-14-5-3-10(7-12(13)14)27-18(21,22)23/h2-8,16,24H,1H3. The topological polar surface area (TPSA) is 51.3 Å². The Hall–Kier alpha value is -2.19. The van der Waals surface area contributed by atoms with Crippen LogP contribution in [0.25, 0.3) is 10.9 Å². The quantitative estimate of drug-likeness (QED) is 0.371. The Morgan fingerprint density at radius 2 is 1.96 bits per heavy atom. The third-order valence-electron chi connectivity index (χ3n) is 3.85. The Morgan fingerprint density at radius 1 is 1.22 bits per heavy atom. The number of hydrogen-bond donors (Lipinski definition) is 1. The number of H-pyrrole nitrogens is 1. The molecule has 0 saturated carbocycles. The average molecular weight is 463 g/mol. The number of carbonyl (C=O) groups excluding carboxylic acids is 1. The normalized spacial score (nSPS) is 12.8. The van der Waals surface area contributed by atoms with Crippen LogP contribution < -0.4 is 9.47 Å². The minimum atomic E-state index is -4.82. The third-order valence-corrected chi connectivity index (χ3v) is 5.00. The van der Waals surface area contributed by atoms with E-state index in [-0.39, 0.29) is 11.3 Å². The van der Waals surface area contributed by atoms with Crippen LogP contribution in [0.4, 0.5) is 13.2 Å². The second-order valence-corrected chi connectivity index (χ2v) is 6.92. The Bertz CT molecular complexity index is 1000. The number of ether oxygens (including phenoxy) is 2. The predicted molar refractivity (Wildman–Crippen MR) is 99.0 cm³/mol. The number of carbonyl (C=O) groups is 1. The molecule has 1 atom stereocenters. The molecule has 0 radical (unpaired) electrons. The number of nitrogens with one attached hydrogen (secondary N) is 1. The number of aromatic amines is 1. The van der Waals surface area contributed by atoms with Gasteiger partial charge in [0.25, 0.3) is 0 Å². The van der Waals surface area contributed by atoms with Crippen molar-refractivity contribution < 1.29 is 27.4 Å². The van der Waals surface area contributed by atoms with Gasteiger partial charge in [0.1, 0.15) is 16.3 Å². The van der Waals surface area contributed by atoms with Gasteiger partial charge >= 0.3 is 6.36 Å². The number of aromatic nitrogens is 1. The highest BCUT2D eigenvalue weighted by Crippen LogP contribution is 2.37. The van der Waals surface area contributed by atoms with Gasteiger partial charge in [0.2, 0.25) is 0 Å². The number of ketones is 1. The van der Waals surface area contributed by atoms with E-state index >= 15 is 0 Å². The monoisotopic (exact) mass is 461 g/mol. The summed E-state index contributed by atoms with van der Waals surface area (Å²) in [5.74, 6) is -0.344. The number of hydrogen-bond acceptors (Lipinski definition) is 3. The lowest BCUT2D eigenvalue weighted by Gasteiger charge is -2.14. The molecule has 1 aromatic heterocycles. The minimum absolute atomic E-state index is 0.219. The molecule has 0 bridgehead atoms. The summed E-state index contributed by atoms with van der Waals surface area (Å²) in [5, 5.41) is 0.767. The van der Waals surface area contributed by atoms with Gasteiger partial charge in [-0.3, -0.25) is 4.79 Å². The fraction of sp³-hybridized carbons (Fsp3) is 0.167. The largest absolute Gasteiger partial charge is 0.573 e. The third kappa shape index (κ3) is 4.22. The van der Waals surface area contributed by atoms with Crippen molar-refractivity contribution in [3.8, 4) is 11.5 Å². The number of alkyl halides is 4. The van der Waals surface area contributed by atoms with Crippen LogP contribution in [0.15, 0.2) is 42.6 Å². The van der Waals surface area contributed by atoms with Crippen LogP contribution in [0.2, 0.25) is 5.02 Å². The molecule has 1 N–H and O–H groups in total. The SMILES string of the molecule is COc1cc(Cl)ccc1C(Br)C(=O)c1c[nH]c2ccc(OC(F)(F)F)cc12. The average Bonchev–Trinajstić information content (AvgIpc) is 3.02. The smallest absolute Gasteiger partial charge is 0.496 e. The van der Waals surface area contributed by atoms with Crippen LogP contribution in [-0.2, 0) is 0 Å². The van der Waals surface area contributed by atoms with Gasteiger partial charge in [-0.2, -0.15) is 0 Å². The number of methoxy groups -OCH3 is 1. The maximum atomic E-state index is 13.0. The number of rotatable bonds is 5. The molecule has 27 heavy (non-hydrogen) atoms. The number of Topliss-reactive ketones (excluding diaryl/α,β-unsaturated/α-hetero) is 1. The van der Waals surface area contributed by atoms with Gasteiger partial charge < -0.3 is 14.5 Å². The number of halogens is 5. The van der Waals surface area contributed by atoms with Crippen molar-refractivity contribution in [2.45, 2.75) is 11.2 Å². The Morgan fingerprint density at radius 3 is 2.63 bits per heavy atom. The first-order chi connectivity index (χ1) is 12.7. The zero-order valence-electron chi connectivity index (χ0n) is 13.7. The van der Waals surface area contributed by atoms with E-state index in [1.165, 1.54) is 31.5 Å². The van der Waals surface area contributed by atoms with Crippen LogP contribution in [0, 0.1) is 0 Å². The lowest BCUT2D eigenvalue weighted by molar-refractivity contribution is -0.274. The number of fused-ring (bicyclic) bond motifs is 1. The maximum Gasteiger partial charge on any atom is 0.573 e. The van der Waals surface area contributed by atoms with Gasteiger partial charge in [-0.15, -0.1) is 13.2 Å². The lowest BCUT2D eigenvalue weighted by atomic mass is 10.0. The maximum absolute atomic E-state index is 13.0. The highest BCUT2D eigenvalue weighted by atomic mass is 79.9. The summed E-state index contributed by atoms with van der Waals surface area (Å²) in [5.41, 5.74) is 1.27. The van der Waals surface area contributed by atoms with Crippen LogP contribution >= 0.6 is 27.5 Å². The Balaban J connectivity index is 1.99. The summed E-state index contributed by atoms with van der Waals surface area (Å²) in [7, 11) is 1.45. The summed E-state index contributed by atoms with van der Waals surface area (Å²) in [6.07, 6.45) is -3.37. The Kier molecular flexibility index (Phi) is 5.39. The van der Waals surface area contributed by atoms with Crippen molar-refractivity contribution in [2.24, 2.45) is 0 Å². The molecule has 0 aliphatic heterocycles. The van der Waals surface area contributed by atoms with Crippen molar-refractivity contribution in [3.05, 3.63) is 58.7 Å². The molecule has 0 spiro atoms. The van der Waals surface area contributed by atoms with Gasteiger partial charge in [-0.1, -0.05) is 33.6 Å². The fourth-order valence-electron chi connectivity index (χ4n) is 2.67. The molecule has 3 rings (SSSR count). The predicted octanol–water partition coefficient (Wildman–Crippen LogP) is 6.05. The van der Waals surface area contributed by atoms with Crippen LogP contribution in [0.5, 0.6) is 11.5 Å². The molecule has 142 valence electrons. The van der Waals surface area contributed by atoms with Gasteiger partial charge in [0.05, 0.1) is 7.11 Å². The summed E-state index contributed by atoms with van der Waals surface area (Å²) >= 11 is 9.28. The summed E-state index contributed by atoms with van der Waals surface area (Å²) in [6, 6.07) is 8.60. The van der Waals surface area contributed by atoms with E-state index < -0.39 is 16.9 Å². The molecule has 3 aromatic rings. The van der Waals surface area contributed by atoms with E-state index in [4.69, 9.17) is 16.3 Å². The molecule has 0 aliphatic rings. The molecule has 1 heterocycles. The molecule has 2 aromatic carbocycles. The van der Waals surface area contributed by atoms with E-state index in [9.17, 15) is 18.0 Å². The second kappa shape index (κ2) is 7.44. The Labute approximate surface area is 165 Å². The summed E-state index contributed by atoms with van der Waals surface area (Å²) in [6.45, 7) is 0. The molecule has 9 heteroatoms. The van der Waals surface area contributed by atoms with E-state index in [1.807, 2.05) is 0 Å². The zero-order chi connectivity index (χ0) is 19.8. The highest BCUT2D eigenvalue weighted by molar-refractivity contribution is 9.09. The lowest BCUT2D eigenvalue weighted by Crippen LogP contribution is -2.17. The summed E-state index contributed by atoms with van der Waals surface area (Å²) in [4.78, 5) is 15.0. The minimum Gasteiger partial charge on any atom is -0.496 e. The van der Waals surface area contributed by atoms with Gasteiger partial charge in [-0.05, 0) is 30.3 Å². The molecular weight excluding hydrogens is 451 g/mol. The van der Waals surface area contributed by atoms with Gasteiger partial charge in [0.15, 0.2) is 5.78 Å². The van der Waals surface area contributed by atoms with Crippen LogP contribution in [0.3, 0.4) is 0 Å². The summed E-state index contributed by atoms with van der Waals surface area (Å²) < 4.78 is 46.6. The van der Waals surface area contributed by atoms with E-state index in [1.54, 1.807) is 18.2 Å². The zero-order valence-corrected chi connectivity index (χ0v) is 16.1. The first kappa shape index (κ1) is 19.6. The van der Waals surface area contributed by atoms with E-state index in [0.29, 0.717) is 27.2 Å². The molecule has 4 nitrogen and oxygen atoms in total. The van der Waals surface area contributed by atoms with Crippen molar-refractivity contribution in [1.82, 2.24) is 4.98 Å². The van der Waals surface area contributed by atoms with Crippen molar-refractivity contribution in [1.29, 1.82) is 0 Å². The molecule has 0 fully saturated rings.